The lowest BCUT2D eigenvalue weighted by Crippen LogP contribution is -2.34. The van der Waals surface area contributed by atoms with Gasteiger partial charge in [-0.1, -0.05) is 42.5 Å². The molecule has 0 bridgehead atoms. The molecule has 0 aromatic heterocycles. The fourth-order valence-electron chi connectivity index (χ4n) is 3.00. The number of benzene rings is 2. The number of hydrogen-bond acceptors (Lipinski definition) is 2. The molecule has 0 unspecified atom stereocenters. The number of hydrogen-bond donors (Lipinski definition) is 1. The minimum Gasteiger partial charge on any atom is -0.396 e. The number of nitrogens with zero attached hydrogens (tertiary/aromatic N) is 1. The highest BCUT2D eigenvalue weighted by Crippen LogP contribution is 2.23. The maximum Gasteiger partial charge on any atom is 0.0460 e. The quantitative estimate of drug-likeness (QED) is 0.911. The number of rotatable bonds is 3. The van der Waals surface area contributed by atoms with Crippen LogP contribution in [0, 0.1) is 5.92 Å². The van der Waals surface area contributed by atoms with Gasteiger partial charge in [-0.15, -0.1) is 0 Å². The average Bonchev–Trinajstić information content (AvgIpc) is 2.48. The van der Waals surface area contributed by atoms with Crippen molar-refractivity contribution in [1.29, 1.82) is 0 Å². The molecule has 0 radical (unpaired) electrons. The number of piperidine rings is 1. The average molecular weight is 255 g/mol. The molecular weight excluding hydrogens is 234 g/mol. The second-order valence-electron chi connectivity index (χ2n) is 5.54. The number of aliphatic hydroxyl groups excluding tert-OH is 1. The van der Waals surface area contributed by atoms with Gasteiger partial charge in [0.2, 0.25) is 0 Å². The first-order chi connectivity index (χ1) is 9.36. The zero-order chi connectivity index (χ0) is 13.1. The van der Waals surface area contributed by atoms with Crippen molar-refractivity contribution in [2.45, 2.75) is 19.4 Å². The van der Waals surface area contributed by atoms with Gasteiger partial charge in [0.25, 0.3) is 0 Å². The van der Waals surface area contributed by atoms with Gasteiger partial charge in [-0.25, -0.2) is 0 Å². The van der Waals surface area contributed by atoms with Gasteiger partial charge in [0.05, 0.1) is 0 Å². The van der Waals surface area contributed by atoms with E-state index in [1.54, 1.807) is 0 Å². The Morgan fingerprint density at radius 3 is 2.53 bits per heavy atom. The van der Waals surface area contributed by atoms with Gasteiger partial charge >= 0.3 is 0 Å². The fourth-order valence-corrected chi connectivity index (χ4v) is 3.00. The third kappa shape index (κ3) is 2.80. The smallest absolute Gasteiger partial charge is 0.0460 e. The summed E-state index contributed by atoms with van der Waals surface area (Å²) in [6.45, 7) is 3.59. The first-order valence-electron chi connectivity index (χ1n) is 7.16. The molecule has 1 N–H and O–H groups in total. The van der Waals surface area contributed by atoms with E-state index < -0.39 is 0 Å². The number of aliphatic hydroxyl groups is 1. The highest BCUT2D eigenvalue weighted by molar-refractivity contribution is 5.85. The molecule has 100 valence electrons. The lowest BCUT2D eigenvalue weighted by Gasteiger charge is -2.31. The number of fused-ring (bicyclic) bond motifs is 1. The zero-order valence-electron chi connectivity index (χ0n) is 11.3. The van der Waals surface area contributed by atoms with E-state index in [1.165, 1.54) is 16.3 Å². The SMILES string of the molecule is OCC1CCN(Cc2cccc3ccccc23)CC1. The summed E-state index contributed by atoms with van der Waals surface area (Å²) in [5.74, 6) is 0.517. The Kier molecular flexibility index (Phi) is 3.81. The van der Waals surface area contributed by atoms with Crippen molar-refractivity contribution >= 4 is 10.8 Å². The Morgan fingerprint density at radius 1 is 1.00 bits per heavy atom. The van der Waals surface area contributed by atoms with Crippen LogP contribution in [-0.4, -0.2) is 29.7 Å². The van der Waals surface area contributed by atoms with E-state index in [0.29, 0.717) is 12.5 Å². The fraction of sp³-hybridized carbons (Fsp3) is 0.412. The Bertz CT molecular complexity index is 538. The monoisotopic (exact) mass is 255 g/mol. The largest absolute Gasteiger partial charge is 0.396 e. The van der Waals surface area contributed by atoms with E-state index in [4.69, 9.17) is 0 Å². The van der Waals surface area contributed by atoms with Crippen molar-refractivity contribution in [2.75, 3.05) is 19.7 Å². The molecule has 1 heterocycles. The Labute approximate surface area is 114 Å². The van der Waals surface area contributed by atoms with Gasteiger partial charge < -0.3 is 5.11 Å². The summed E-state index contributed by atoms with van der Waals surface area (Å²) in [4.78, 5) is 2.51. The minimum atomic E-state index is 0.349. The molecule has 1 aliphatic rings. The van der Waals surface area contributed by atoms with E-state index in [9.17, 15) is 5.11 Å². The van der Waals surface area contributed by atoms with Gasteiger partial charge in [-0.05, 0) is 48.2 Å². The van der Waals surface area contributed by atoms with Gasteiger partial charge in [-0.2, -0.15) is 0 Å². The molecule has 0 atom stereocenters. The summed E-state index contributed by atoms with van der Waals surface area (Å²) in [5, 5.41) is 11.9. The van der Waals surface area contributed by atoms with E-state index in [-0.39, 0.29) is 0 Å². The lowest BCUT2D eigenvalue weighted by molar-refractivity contribution is 0.127. The predicted octanol–water partition coefficient (Wildman–Crippen LogP) is 3.04. The van der Waals surface area contributed by atoms with Crippen LogP contribution in [0.2, 0.25) is 0 Å². The second kappa shape index (κ2) is 5.72. The van der Waals surface area contributed by atoms with E-state index in [0.717, 1.165) is 32.5 Å². The molecule has 0 saturated carbocycles. The highest BCUT2D eigenvalue weighted by atomic mass is 16.3. The first kappa shape index (κ1) is 12.6. The van der Waals surface area contributed by atoms with Crippen LogP contribution >= 0.6 is 0 Å². The standard InChI is InChI=1S/C17H21NO/c19-13-14-8-10-18(11-9-14)12-16-6-3-5-15-4-1-2-7-17(15)16/h1-7,14,19H,8-13H2. The molecule has 2 aromatic rings. The van der Waals surface area contributed by atoms with Crippen LogP contribution in [0.3, 0.4) is 0 Å². The zero-order valence-corrected chi connectivity index (χ0v) is 11.3. The normalized spacial score (nSPS) is 17.9. The van der Waals surface area contributed by atoms with Crippen molar-refractivity contribution in [3.63, 3.8) is 0 Å². The Hall–Kier alpha value is -1.38. The predicted molar refractivity (Wildman–Crippen MR) is 79.0 cm³/mol. The molecule has 0 aliphatic carbocycles. The third-order valence-electron chi connectivity index (χ3n) is 4.24. The van der Waals surface area contributed by atoms with Crippen LogP contribution in [0.4, 0.5) is 0 Å². The van der Waals surface area contributed by atoms with Crippen LogP contribution in [0.25, 0.3) is 10.8 Å². The Balaban J connectivity index is 1.75. The minimum absolute atomic E-state index is 0.349. The van der Waals surface area contributed by atoms with E-state index in [1.807, 2.05) is 0 Å². The Morgan fingerprint density at radius 2 is 1.74 bits per heavy atom. The van der Waals surface area contributed by atoms with Crippen molar-refractivity contribution in [3.05, 3.63) is 48.0 Å². The van der Waals surface area contributed by atoms with Gasteiger partial charge in [0.1, 0.15) is 0 Å². The summed E-state index contributed by atoms with van der Waals surface area (Å²) in [6, 6.07) is 15.2. The van der Waals surface area contributed by atoms with Gasteiger partial charge in [0.15, 0.2) is 0 Å². The molecule has 1 aliphatic heterocycles. The van der Waals surface area contributed by atoms with E-state index >= 15 is 0 Å². The van der Waals surface area contributed by atoms with Crippen LogP contribution in [0.1, 0.15) is 18.4 Å². The van der Waals surface area contributed by atoms with Crippen LogP contribution in [-0.2, 0) is 6.54 Å². The maximum absolute atomic E-state index is 9.19. The molecule has 19 heavy (non-hydrogen) atoms. The van der Waals surface area contributed by atoms with Crippen molar-refractivity contribution in [3.8, 4) is 0 Å². The third-order valence-corrected chi connectivity index (χ3v) is 4.24. The number of likely N-dealkylation sites (tertiary alicyclic amines) is 1. The molecule has 3 rings (SSSR count). The molecule has 2 nitrogen and oxygen atoms in total. The molecular formula is C17H21NO. The molecule has 1 saturated heterocycles. The topological polar surface area (TPSA) is 23.5 Å². The summed E-state index contributed by atoms with van der Waals surface area (Å²) in [6.07, 6.45) is 2.25. The molecule has 1 fully saturated rings. The lowest BCUT2D eigenvalue weighted by atomic mass is 9.97. The summed E-state index contributed by atoms with van der Waals surface area (Å²) in [5.41, 5.74) is 1.42. The maximum atomic E-state index is 9.19. The molecule has 0 spiro atoms. The summed E-state index contributed by atoms with van der Waals surface area (Å²) >= 11 is 0. The first-order valence-corrected chi connectivity index (χ1v) is 7.16. The van der Waals surface area contributed by atoms with Crippen molar-refractivity contribution in [2.24, 2.45) is 5.92 Å². The van der Waals surface area contributed by atoms with Gasteiger partial charge in [-0.3, -0.25) is 4.90 Å². The molecule has 2 heteroatoms. The van der Waals surface area contributed by atoms with E-state index in [2.05, 4.69) is 47.4 Å². The van der Waals surface area contributed by atoms with Crippen molar-refractivity contribution in [1.82, 2.24) is 4.90 Å². The summed E-state index contributed by atoms with van der Waals surface area (Å²) < 4.78 is 0. The second-order valence-corrected chi connectivity index (χ2v) is 5.54. The van der Waals surface area contributed by atoms with Crippen LogP contribution in [0.15, 0.2) is 42.5 Å². The molecule has 2 aromatic carbocycles. The highest BCUT2D eigenvalue weighted by Gasteiger charge is 2.18. The van der Waals surface area contributed by atoms with Crippen LogP contribution in [0.5, 0.6) is 0 Å². The summed E-state index contributed by atoms with van der Waals surface area (Å²) in [7, 11) is 0. The van der Waals surface area contributed by atoms with Crippen LogP contribution < -0.4 is 0 Å². The van der Waals surface area contributed by atoms with Crippen molar-refractivity contribution < 1.29 is 5.11 Å². The van der Waals surface area contributed by atoms with Gasteiger partial charge in [0, 0.05) is 13.2 Å². The molecule has 0 amide bonds.